The zero-order chi connectivity index (χ0) is 21.9. The molecule has 0 bridgehead atoms. The fourth-order valence-corrected chi connectivity index (χ4v) is 4.50. The number of sulfonamides is 1. The molecule has 1 unspecified atom stereocenters. The number of aliphatic hydroxyl groups excluding tert-OH is 1. The van der Waals surface area contributed by atoms with Gasteiger partial charge in [-0.3, -0.25) is 4.99 Å². The lowest BCUT2D eigenvalue weighted by Gasteiger charge is -2.17. The second-order valence-corrected chi connectivity index (χ2v) is 9.56. The van der Waals surface area contributed by atoms with Crippen LogP contribution in [0.1, 0.15) is 44.7 Å². The molecule has 1 atom stereocenters. The van der Waals surface area contributed by atoms with Crippen LogP contribution in [0.2, 0.25) is 0 Å². The average molecular weight is 427 g/mol. The van der Waals surface area contributed by atoms with Crippen LogP contribution in [0.3, 0.4) is 0 Å². The van der Waals surface area contributed by atoms with E-state index in [0.29, 0.717) is 35.8 Å². The number of aliphatic imine (C=N–C) groups is 1. The van der Waals surface area contributed by atoms with Gasteiger partial charge in [0.15, 0.2) is 5.96 Å². The Morgan fingerprint density at radius 2 is 1.90 bits per heavy atom. The third kappa shape index (κ3) is 9.60. The molecule has 1 aromatic rings. The Kier molecular flexibility index (Phi) is 11.2. The van der Waals surface area contributed by atoms with E-state index in [1.807, 2.05) is 26.0 Å². The van der Waals surface area contributed by atoms with Crippen molar-refractivity contribution in [2.45, 2.75) is 52.4 Å². The molecule has 1 aromatic carbocycles. The summed E-state index contributed by atoms with van der Waals surface area (Å²) in [4.78, 5) is 4.93. The fraction of sp³-hybridized carbons (Fsp3) is 0.667. The Balaban J connectivity index is 2.62. The predicted molar refractivity (Wildman–Crippen MR) is 120 cm³/mol. The zero-order valence-electron chi connectivity index (χ0n) is 18.5. The van der Waals surface area contributed by atoms with Gasteiger partial charge in [-0.2, -0.15) is 0 Å². The van der Waals surface area contributed by atoms with E-state index in [1.54, 1.807) is 13.0 Å². The summed E-state index contributed by atoms with van der Waals surface area (Å²) in [6, 6.07) is 5.41. The molecule has 0 saturated carbocycles. The van der Waals surface area contributed by atoms with Gasteiger partial charge < -0.3 is 15.7 Å². The molecule has 0 aliphatic rings. The summed E-state index contributed by atoms with van der Waals surface area (Å²) < 4.78 is 27.8. The number of aliphatic hydroxyl groups is 1. The second-order valence-electron chi connectivity index (χ2n) is 7.82. The maximum Gasteiger partial charge on any atom is 0.240 e. The van der Waals surface area contributed by atoms with Crippen LogP contribution in [0.15, 0.2) is 28.1 Å². The van der Waals surface area contributed by atoms with Gasteiger partial charge >= 0.3 is 0 Å². The molecular weight excluding hydrogens is 388 g/mol. The summed E-state index contributed by atoms with van der Waals surface area (Å²) in [5, 5.41) is 15.6. The highest BCUT2D eigenvalue weighted by molar-refractivity contribution is 7.89. The first-order valence-electron chi connectivity index (χ1n) is 10.4. The third-order valence-electron chi connectivity index (χ3n) is 4.54. The van der Waals surface area contributed by atoms with Crippen LogP contribution < -0.4 is 15.4 Å². The lowest BCUT2D eigenvalue weighted by Crippen LogP contribution is -2.41. The lowest BCUT2D eigenvalue weighted by molar-refractivity contribution is 0.245. The molecule has 0 spiro atoms. The minimum atomic E-state index is -3.55. The molecule has 7 nitrogen and oxygen atoms in total. The fourth-order valence-electron chi connectivity index (χ4n) is 3.14. The highest BCUT2D eigenvalue weighted by atomic mass is 32.2. The van der Waals surface area contributed by atoms with Crippen LogP contribution in [0.4, 0.5) is 0 Å². The van der Waals surface area contributed by atoms with Crippen molar-refractivity contribution in [1.29, 1.82) is 0 Å². The number of hydrogen-bond acceptors (Lipinski definition) is 4. The molecule has 0 radical (unpaired) electrons. The van der Waals surface area contributed by atoms with E-state index in [0.717, 1.165) is 30.5 Å². The molecule has 166 valence electrons. The number of guanidine groups is 1. The molecule has 0 fully saturated rings. The minimum Gasteiger partial charge on any atom is -0.396 e. The molecule has 1 rings (SSSR count). The van der Waals surface area contributed by atoms with Crippen molar-refractivity contribution in [3.8, 4) is 0 Å². The minimum absolute atomic E-state index is 0.164. The van der Waals surface area contributed by atoms with E-state index < -0.39 is 10.0 Å². The van der Waals surface area contributed by atoms with E-state index >= 15 is 0 Å². The maximum atomic E-state index is 12.6. The number of nitrogens with zero attached hydrogens (tertiary/aromatic N) is 1. The first kappa shape index (κ1) is 25.4. The number of rotatable bonds is 12. The van der Waals surface area contributed by atoms with E-state index in [1.165, 1.54) is 0 Å². The molecule has 4 N–H and O–H groups in total. The first-order chi connectivity index (χ1) is 13.7. The summed E-state index contributed by atoms with van der Waals surface area (Å²) >= 11 is 0. The Morgan fingerprint density at radius 1 is 1.17 bits per heavy atom. The average Bonchev–Trinajstić information content (AvgIpc) is 2.64. The zero-order valence-corrected chi connectivity index (χ0v) is 19.3. The van der Waals surface area contributed by atoms with Crippen LogP contribution in [-0.2, 0) is 10.0 Å². The van der Waals surface area contributed by atoms with Crippen LogP contribution in [0, 0.1) is 25.7 Å². The number of nitrogens with one attached hydrogen (secondary N) is 3. The summed E-state index contributed by atoms with van der Waals surface area (Å²) in [5.74, 6) is 1.54. The third-order valence-corrected chi connectivity index (χ3v) is 6.14. The van der Waals surface area contributed by atoms with Crippen molar-refractivity contribution in [1.82, 2.24) is 15.4 Å². The summed E-state index contributed by atoms with van der Waals surface area (Å²) in [6.07, 6.45) is 1.75. The Labute approximate surface area is 176 Å². The van der Waals surface area contributed by atoms with Gasteiger partial charge in [-0.25, -0.2) is 13.1 Å². The van der Waals surface area contributed by atoms with Gasteiger partial charge in [-0.1, -0.05) is 26.0 Å². The van der Waals surface area contributed by atoms with Gasteiger partial charge in [0, 0.05) is 32.8 Å². The van der Waals surface area contributed by atoms with Gasteiger partial charge in [0.25, 0.3) is 0 Å². The maximum absolute atomic E-state index is 12.6. The number of aryl methyl sites for hydroxylation is 2. The second kappa shape index (κ2) is 12.8. The predicted octanol–water partition coefficient (Wildman–Crippen LogP) is 2.18. The number of hydrogen-bond donors (Lipinski definition) is 4. The van der Waals surface area contributed by atoms with Crippen LogP contribution >= 0.6 is 0 Å². The van der Waals surface area contributed by atoms with Crippen molar-refractivity contribution < 1.29 is 13.5 Å². The van der Waals surface area contributed by atoms with Crippen LogP contribution in [0.25, 0.3) is 0 Å². The van der Waals surface area contributed by atoms with Crippen molar-refractivity contribution in [3.63, 3.8) is 0 Å². The summed E-state index contributed by atoms with van der Waals surface area (Å²) in [5.41, 5.74) is 1.64. The van der Waals surface area contributed by atoms with Gasteiger partial charge in [0.05, 0.1) is 4.90 Å². The Morgan fingerprint density at radius 3 is 2.52 bits per heavy atom. The highest BCUT2D eigenvalue weighted by Crippen LogP contribution is 2.16. The standard InChI is InChI=1S/C21H38N4O3S/c1-6-22-21(24-15-19(9-12-26)13-16(2)3)23-10-11-25-29(27,28)20-14-17(4)7-8-18(20)5/h7-8,14,16,19,25-26H,6,9-13,15H2,1-5H3,(H2,22,23,24). The SMILES string of the molecule is CCNC(=NCC(CCO)CC(C)C)NCCNS(=O)(=O)c1cc(C)ccc1C. The van der Waals surface area contributed by atoms with Crippen molar-refractivity contribution >= 4 is 16.0 Å². The molecule has 29 heavy (non-hydrogen) atoms. The van der Waals surface area contributed by atoms with E-state index in [-0.39, 0.29) is 13.2 Å². The molecule has 0 aromatic heterocycles. The van der Waals surface area contributed by atoms with E-state index in [4.69, 9.17) is 0 Å². The molecular formula is C21H38N4O3S. The Bertz CT molecular complexity index is 748. The summed E-state index contributed by atoms with van der Waals surface area (Å²) in [7, 11) is -3.55. The topological polar surface area (TPSA) is 103 Å². The van der Waals surface area contributed by atoms with Gasteiger partial charge in [0.1, 0.15) is 0 Å². The normalized spacial score (nSPS) is 13.6. The Hall–Kier alpha value is -1.64. The monoisotopic (exact) mass is 426 g/mol. The molecule has 0 saturated heterocycles. The van der Waals surface area contributed by atoms with E-state index in [2.05, 4.69) is 34.2 Å². The molecule has 0 aliphatic heterocycles. The van der Waals surface area contributed by atoms with Crippen LogP contribution in [-0.4, -0.2) is 52.3 Å². The van der Waals surface area contributed by atoms with Gasteiger partial charge in [-0.15, -0.1) is 0 Å². The highest BCUT2D eigenvalue weighted by Gasteiger charge is 2.16. The molecule has 8 heteroatoms. The molecule has 0 amide bonds. The van der Waals surface area contributed by atoms with Crippen molar-refractivity contribution in [2.24, 2.45) is 16.8 Å². The molecule has 0 aliphatic carbocycles. The quantitative estimate of drug-likeness (QED) is 0.233. The lowest BCUT2D eigenvalue weighted by atomic mass is 9.94. The van der Waals surface area contributed by atoms with E-state index in [9.17, 15) is 13.5 Å². The largest absolute Gasteiger partial charge is 0.396 e. The first-order valence-corrected chi connectivity index (χ1v) is 11.9. The van der Waals surface area contributed by atoms with Crippen molar-refractivity contribution in [3.05, 3.63) is 29.3 Å². The summed E-state index contributed by atoms with van der Waals surface area (Å²) in [6.45, 7) is 12.2. The van der Waals surface area contributed by atoms with Crippen molar-refractivity contribution in [2.75, 3.05) is 32.8 Å². The van der Waals surface area contributed by atoms with Crippen LogP contribution in [0.5, 0.6) is 0 Å². The smallest absolute Gasteiger partial charge is 0.240 e. The molecule has 0 heterocycles. The van der Waals surface area contributed by atoms with Gasteiger partial charge in [-0.05, 0) is 62.6 Å². The van der Waals surface area contributed by atoms with Gasteiger partial charge in [0.2, 0.25) is 10.0 Å². The number of benzene rings is 1.